The van der Waals surface area contributed by atoms with Crippen molar-refractivity contribution in [1.29, 1.82) is 0 Å². The molecule has 2 heterocycles. The molecule has 1 atom stereocenters. The molecule has 0 aliphatic heterocycles. The highest BCUT2D eigenvalue weighted by molar-refractivity contribution is 7.08. The molecule has 2 aromatic heterocycles. The van der Waals surface area contributed by atoms with Gasteiger partial charge in [0.05, 0.1) is 13.2 Å². The van der Waals surface area contributed by atoms with Crippen molar-refractivity contribution in [1.82, 2.24) is 20.4 Å². The van der Waals surface area contributed by atoms with Gasteiger partial charge in [0.1, 0.15) is 5.75 Å². The normalized spacial score (nSPS) is 11.6. The van der Waals surface area contributed by atoms with E-state index in [1.807, 2.05) is 47.3 Å². The maximum atomic E-state index is 12.2. The van der Waals surface area contributed by atoms with E-state index < -0.39 is 11.8 Å². The minimum Gasteiger partial charge on any atom is -0.496 e. The molecule has 0 bridgehead atoms. The van der Waals surface area contributed by atoms with Crippen LogP contribution in [-0.4, -0.2) is 35.2 Å². The number of nitrogens with zero attached hydrogens (tertiary/aromatic N) is 2. The van der Waals surface area contributed by atoms with Gasteiger partial charge in [-0.05, 0) is 34.5 Å². The lowest BCUT2D eigenvalue weighted by molar-refractivity contribution is -0.139. The van der Waals surface area contributed by atoms with Crippen LogP contribution in [0, 0.1) is 0 Å². The van der Waals surface area contributed by atoms with Gasteiger partial charge in [0.15, 0.2) is 0 Å². The highest BCUT2D eigenvalue weighted by Crippen LogP contribution is 2.19. The van der Waals surface area contributed by atoms with Gasteiger partial charge in [0.2, 0.25) is 0 Å². The van der Waals surface area contributed by atoms with Crippen molar-refractivity contribution < 1.29 is 14.3 Å². The molecule has 27 heavy (non-hydrogen) atoms. The minimum atomic E-state index is -0.689. The lowest BCUT2D eigenvalue weighted by atomic mass is 10.1. The number of carbonyl (C=O) groups is 2. The molecule has 0 saturated carbocycles. The average molecular weight is 384 g/mol. The number of methoxy groups -OCH3 is 1. The summed E-state index contributed by atoms with van der Waals surface area (Å²) in [6, 6.07) is 11.0. The van der Waals surface area contributed by atoms with Crippen LogP contribution >= 0.6 is 11.3 Å². The zero-order chi connectivity index (χ0) is 19.1. The first-order valence-corrected chi connectivity index (χ1v) is 9.32. The Morgan fingerprint density at radius 1 is 1.19 bits per heavy atom. The molecule has 0 radical (unpaired) electrons. The molecule has 0 saturated heterocycles. The summed E-state index contributed by atoms with van der Waals surface area (Å²) in [4.78, 5) is 24.3. The van der Waals surface area contributed by atoms with E-state index in [4.69, 9.17) is 4.74 Å². The second kappa shape index (κ2) is 9.00. The number of carbonyl (C=O) groups excluding carboxylic acids is 2. The van der Waals surface area contributed by atoms with Gasteiger partial charge in [0, 0.05) is 31.0 Å². The van der Waals surface area contributed by atoms with Crippen molar-refractivity contribution >= 4 is 23.2 Å². The van der Waals surface area contributed by atoms with Crippen molar-refractivity contribution in [2.45, 2.75) is 12.6 Å². The van der Waals surface area contributed by atoms with E-state index in [1.165, 1.54) is 0 Å². The first kappa shape index (κ1) is 18.7. The zero-order valence-electron chi connectivity index (χ0n) is 14.8. The summed E-state index contributed by atoms with van der Waals surface area (Å²) < 4.78 is 7.00. The van der Waals surface area contributed by atoms with Crippen LogP contribution in [0.15, 0.2) is 59.6 Å². The Labute approximate surface area is 161 Å². The SMILES string of the molecule is COc1ccccc1CNC(=O)C(=O)NCC(c1ccsc1)n1cccn1. The van der Waals surface area contributed by atoms with E-state index in [0.29, 0.717) is 5.75 Å². The number of aromatic nitrogens is 2. The van der Waals surface area contributed by atoms with Crippen LogP contribution in [-0.2, 0) is 16.1 Å². The number of amides is 2. The number of hydrogen-bond acceptors (Lipinski definition) is 5. The minimum absolute atomic E-state index is 0.169. The lowest BCUT2D eigenvalue weighted by Crippen LogP contribution is -2.42. The third-order valence-electron chi connectivity index (χ3n) is 4.07. The van der Waals surface area contributed by atoms with E-state index in [-0.39, 0.29) is 19.1 Å². The van der Waals surface area contributed by atoms with Crippen LogP contribution in [0.4, 0.5) is 0 Å². The molecular weight excluding hydrogens is 364 g/mol. The predicted molar refractivity (Wildman–Crippen MR) is 103 cm³/mol. The number of benzene rings is 1. The van der Waals surface area contributed by atoms with Crippen molar-refractivity contribution in [3.63, 3.8) is 0 Å². The van der Waals surface area contributed by atoms with E-state index in [0.717, 1.165) is 11.1 Å². The van der Waals surface area contributed by atoms with Gasteiger partial charge in [-0.2, -0.15) is 16.4 Å². The number of thiophene rings is 1. The maximum Gasteiger partial charge on any atom is 0.309 e. The molecule has 2 amide bonds. The molecule has 7 nitrogen and oxygen atoms in total. The standard InChI is InChI=1S/C19H20N4O3S/c1-26-17-6-3-2-5-14(17)11-20-18(24)19(25)21-12-16(15-7-10-27-13-15)23-9-4-8-22-23/h2-10,13,16H,11-12H2,1H3,(H,20,24)(H,21,25). The smallest absolute Gasteiger partial charge is 0.309 e. The lowest BCUT2D eigenvalue weighted by Gasteiger charge is -2.17. The molecule has 0 aliphatic rings. The Kier molecular flexibility index (Phi) is 6.22. The molecule has 1 unspecified atom stereocenters. The fourth-order valence-corrected chi connectivity index (χ4v) is 3.38. The summed E-state index contributed by atoms with van der Waals surface area (Å²) in [6.07, 6.45) is 3.51. The summed E-state index contributed by atoms with van der Waals surface area (Å²) in [7, 11) is 1.56. The molecule has 3 aromatic rings. The van der Waals surface area contributed by atoms with Gasteiger partial charge in [-0.3, -0.25) is 14.3 Å². The summed E-state index contributed by atoms with van der Waals surface area (Å²) in [5.41, 5.74) is 1.83. The second-order valence-electron chi connectivity index (χ2n) is 5.76. The first-order valence-electron chi connectivity index (χ1n) is 8.38. The molecule has 8 heteroatoms. The van der Waals surface area contributed by atoms with Gasteiger partial charge >= 0.3 is 11.8 Å². The van der Waals surface area contributed by atoms with Crippen LogP contribution in [0.2, 0.25) is 0 Å². The zero-order valence-corrected chi connectivity index (χ0v) is 15.6. The van der Waals surface area contributed by atoms with Crippen molar-refractivity contribution in [2.75, 3.05) is 13.7 Å². The second-order valence-corrected chi connectivity index (χ2v) is 6.54. The average Bonchev–Trinajstić information content (AvgIpc) is 3.41. The largest absolute Gasteiger partial charge is 0.496 e. The van der Waals surface area contributed by atoms with Crippen LogP contribution in [0.3, 0.4) is 0 Å². The monoisotopic (exact) mass is 384 g/mol. The fraction of sp³-hybridized carbons (Fsp3) is 0.211. The first-order chi connectivity index (χ1) is 13.2. The highest BCUT2D eigenvalue weighted by atomic mass is 32.1. The Morgan fingerprint density at radius 3 is 2.70 bits per heavy atom. The number of para-hydroxylation sites is 1. The van der Waals surface area contributed by atoms with Crippen molar-refractivity contribution in [2.24, 2.45) is 0 Å². The van der Waals surface area contributed by atoms with Gasteiger partial charge in [0.25, 0.3) is 0 Å². The Morgan fingerprint density at radius 2 is 2.00 bits per heavy atom. The van der Waals surface area contributed by atoms with Gasteiger partial charge < -0.3 is 15.4 Å². The highest BCUT2D eigenvalue weighted by Gasteiger charge is 2.19. The topological polar surface area (TPSA) is 85.2 Å². The molecule has 0 fully saturated rings. The van der Waals surface area contributed by atoms with Crippen molar-refractivity contribution in [3.05, 3.63) is 70.7 Å². The summed E-state index contributed by atoms with van der Waals surface area (Å²) in [5, 5.41) is 13.5. The Bertz CT molecular complexity index is 844. The van der Waals surface area contributed by atoms with E-state index in [1.54, 1.807) is 35.4 Å². The van der Waals surface area contributed by atoms with E-state index >= 15 is 0 Å². The Balaban J connectivity index is 1.57. The van der Waals surface area contributed by atoms with Crippen LogP contribution < -0.4 is 15.4 Å². The quantitative estimate of drug-likeness (QED) is 0.610. The summed E-state index contributed by atoms with van der Waals surface area (Å²) >= 11 is 1.57. The third-order valence-corrected chi connectivity index (χ3v) is 4.77. The van der Waals surface area contributed by atoms with Crippen LogP contribution in [0.25, 0.3) is 0 Å². The number of rotatable bonds is 7. The van der Waals surface area contributed by atoms with E-state index in [9.17, 15) is 9.59 Å². The third kappa shape index (κ3) is 4.73. The van der Waals surface area contributed by atoms with Crippen LogP contribution in [0.5, 0.6) is 5.75 Å². The van der Waals surface area contributed by atoms with Crippen LogP contribution in [0.1, 0.15) is 17.2 Å². The molecule has 2 N–H and O–H groups in total. The Hall–Kier alpha value is -3.13. The summed E-state index contributed by atoms with van der Waals surface area (Å²) in [5.74, 6) is -0.711. The molecule has 1 aromatic carbocycles. The van der Waals surface area contributed by atoms with Gasteiger partial charge in [-0.15, -0.1) is 0 Å². The molecule has 3 rings (SSSR count). The molecular formula is C19H20N4O3S. The number of hydrogen-bond donors (Lipinski definition) is 2. The molecule has 140 valence electrons. The molecule has 0 aliphatic carbocycles. The molecule has 0 spiro atoms. The maximum absolute atomic E-state index is 12.2. The van der Waals surface area contributed by atoms with Gasteiger partial charge in [-0.25, -0.2) is 0 Å². The van der Waals surface area contributed by atoms with Gasteiger partial charge in [-0.1, -0.05) is 18.2 Å². The number of nitrogens with one attached hydrogen (secondary N) is 2. The number of ether oxygens (including phenoxy) is 1. The van der Waals surface area contributed by atoms with Crippen molar-refractivity contribution in [3.8, 4) is 5.75 Å². The summed E-state index contributed by atoms with van der Waals surface area (Å²) in [6.45, 7) is 0.475. The van der Waals surface area contributed by atoms with E-state index in [2.05, 4.69) is 15.7 Å². The fourth-order valence-electron chi connectivity index (χ4n) is 2.67. The predicted octanol–water partition coefficient (Wildman–Crippen LogP) is 1.98.